The predicted molar refractivity (Wildman–Crippen MR) is 73.0 cm³/mol. The molecule has 0 bridgehead atoms. The lowest BCUT2D eigenvalue weighted by Crippen LogP contribution is -2.20. The molecular weight excluding hydrogens is 238 g/mol. The number of carbonyl (C=O) groups excluding carboxylic acids is 1. The summed E-state index contributed by atoms with van der Waals surface area (Å²) in [5, 5.41) is 0. The molecule has 0 radical (unpaired) electrons. The summed E-state index contributed by atoms with van der Waals surface area (Å²) in [5.41, 5.74) is 5.23. The van der Waals surface area contributed by atoms with E-state index < -0.39 is 6.03 Å². The van der Waals surface area contributed by atoms with E-state index in [0.717, 1.165) is 12.2 Å². The van der Waals surface area contributed by atoms with Crippen LogP contribution in [0.25, 0.3) is 0 Å². The minimum atomic E-state index is -0.472. The van der Waals surface area contributed by atoms with Crippen LogP contribution < -0.4 is 10.5 Å². The van der Waals surface area contributed by atoms with Crippen LogP contribution in [0.3, 0.4) is 0 Å². The van der Waals surface area contributed by atoms with Gasteiger partial charge in [-0.1, -0.05) is 39.0 Å². The Morgan fingerprint density at radius 3 is 2.59 bits per heavy atom. The van der Waals surface area contributed by atoms with Gasteiger partial charge in [0.1, 0.15) is 0 Å². The van der Waals surface area contributed by atoms with Crippen molar-refractivity contribution in [2.75, 3.05) is 12.9 Å². The van der Waals surface area contributed by atoms with Crippen molar-refractivity contribution < 1.29 is 9.53 Å². The number of hydrogen-bond donors (Lipinski definition) is 2. The summed E-state index contributed by atoms with van der Waals surface area (Å²) in [5.74, 6) is 0.903. The number of amidine groups is 1. The van der Waals surface area contributed by atoms with E-state index in [1.54, 1.807) is 0 Å². The molecule has 0 spiro atoms. The first-order valence-electron chi connectivity index (χ1n) is 6.00. The third-order valence-electron chi connectivity index (χ3n) is 2.18. The van der Waals surface area contributed by atoms with Gasteiger partial charge < -0.3 is 10.5 Å². The van der Waals surface area contributed by atoms with Crippen molar-refractivity contribution in [3.63, 3.8) is 0 Å². The molecule has 0 unspecified atom stereocenters. The van der Waals surface area contributed by atoms with Gasteiger partial charge in [0.05, 0.1) is 7.11 Å². The molecule has 0 aliphatic carbocycles. The maximum atomic E-state index is 11.1. The van der Waals surface area contributed by atoms with Crippen LogP contribution in [0.5, 0.6) is 0 Å². The summed E-state index contributed by atoms with van der Waals surface area (Å²) in [6, 6.07) is -0.594. The quantitative estimate of drug-likeness (QED) is 0.305. The maximum Gasteiger partial charge on any atom is 0.355 e. The van der Waals surface area contributed by atoms with Gasteiger partial charge in [0.25, 0.3) is 6.02 Å². The van der Waals surface area contributed by atoms with Gasteiger partial charge in [-0.25, -0.2) is 4.79 Å². The molecule has 0 saturated heterocycles. The molecule has 2 amide bonds. The van der Waals surface area contributed by atoms with Crippen molar-refractivity contribution in [2.45, 2.75) is 45.4 Å². The Morgan fingerprint density at radius 1 is 1.29 bits per heavy atom. The van der Waals surface area contributed by atoms with Gasteiger partial charge >= 0.3 is 6.03 Å². The van der Waals surface area contributed by atoms with E-state index in [9.17, 15) is 4.79 Å². The Hall–Kier alpha value is -0.910. The molecule has 100 valence electrons. The van der Waals surface area contributed by atoms with Crippen LogP contribution in [0.2, 0.25) is 0 Å². The fourth-order valence-electron chi connectivity index (χ4n) is 1.24. The van der Waals surface area contributed by atoms with E-state index in [4.69, 9.17) is 5.73 Å². The number of unbranched alkanes of at least 4 members (excludes halogenated alkanes) is 5. The van der Waals surface area contributed by atoms with Crippen LogP contribution in [0.4, 0.5) is 4.79 Å². The Labute approximate surface area is 108 Å². The van der Waals surface area contributed by atoms with Gasteiger partial charge in [-0.3, -0.25) is 4.72 Å². The van der Waals surface area contributed by atoms with Gasteiger partial charge in [0, 0.05) is 5.75 Å². The molecule has 6 heteroatoms. The van der Waals surface area contributed by atoms with E-state index >= 15 is 0 Å². The smallest absolute Gasteiger partial charge is 0.355 e. The zero-order valence-corrected chi connectivity index (χ0v) is 11.5. The van der Waals surface area contributed by atoms with Gasteiger partial charge in [0.15, 0.2) is 0 Å². The zero-order chi connectivity index (χ0) is 12.9. The molecule has 0 heterocycles. The van der Waals surface area contributed by atoms with E-state index in [0.29, 0.717) is 0 Å². The fourth-order valence-corrected chi connectivity index (χ4v) is 1.86. The monoisotopic (exact) mass is 261 g/mol. The minimum absolute atomic E-state index is 0.123. The van der Waals surface area contributed by atoms with Crippen LogP contribution in [0, 0.1) is 0 Å². The lowest BCUT2D eigenvalue weighted by atomic mass is 10.1. The number of urea groups is 1. The third-order valence-corrected chi connectivity index (χ3v) is 2.99. The van der Waals surface area contributed by atoms with E-state index in [-0.39, 0.29) is 6.02 Å². The number of nitrogens with two attached hydrogens (primary N) is 1. The summed E-state index contributed by atoms with van der Waals surface area (Å²) < 4.78 is 7.14. The van der Waals surface area contributed by atoms with Crippen LogP contribution in [0.1, 0.15) is 45.4 Å². The minimum Gasteiger partial charge on any atom is -0.468 e. The Balaban J connectivity index is 3.31. The van der Waals surface area contributed by atoms with Gasteiger partial charge in [0.2, 0.25) is 0 Å². The van der Waals surface area contributed by atoms with Gasteiger partial charge in [-0.05, 0) is 18.4 Å². The van der Waals surface area contributed by atoms with Crippen molar-refractivity contribution in [3.05, 3.63) is 0 Å². The molecular formula is C11H23N3O2S. The molecule has 0 saturated carbocycles. The Morgan fingerprint density at radius 2 is 1.94 bits per heavy atom. The maximum absolute atomic E-state index is 11.1. The topological polar surface area (TPSA) is 76.7 Å². The number of nitrogens with zero attached hydrogens (tertiary/aromatic N) is 1. The Bertz CT molecular complexity index is 235. The third kappa shape index (κ3) is 11.4. The van der Waals surface area contributed by atoms with Crippen LogP contribution in [-0.2, 0) is 4.74 Å². The molecule has 0 aliphatic heterocycles. The van der Waals surface area contributed by atoms with Crippen LogP contribution in [0.15, 0.2) is 4.99 Å². The largest absolute Gasteiger partial charge is 0.468 e. The van der Waals surface area contributed by atoms with E-state index in [1.807, 2.05) is 0 Å². The first kappa shape index (κ1) is 16.1. The zero-order valence-electron chi connectivity index (χ0n) is 10.7. The van der Waals surface area contributed by atoms with Crippen LogP contribution >= 0.6 is 11.9 Å². The van der Waals surface area contributed by atoms with Gasteiger partial charge in [-0.15, -0.1) is 4.99 Å². The molecule has 0 rings (SSSR count). The number of carbonyl (C=O) groups is 1. The molecule has 0 aliphatic rings. The molecule has 17 heavy (non-hydrogen) atoms. The number of rotatable bonds is 8. The predicted octanol–water partition coefficient (Wildman–Crippen LogP) is 2.67. The SMILES string of the molecule is CCCCCCCCSNC(=O)/N=C(/N)OC. The molecule has 0 atom stereocenters. The average molecular weight is 261 g/mol. The molecule has 3 N–H and O–H groups in total. The van der Waals surface area contributed by atoms with Crippen molar-refractivity contribution >= 4 is 24.0 Å². The highest BCUT2D eigenvalue weighted by atomic mass is 32.2. The van der Waals surface area contributed by atoms with Crippen molar-refractivity contribution in [3.8, 4) is 0 Å². The fraction of sp³-hybridized carbons (Fsp3) is 0.818. The highest BCUT2D eigenvalue weighted by molar-refractivity contribution is 7.97. The molecule has 0 aromatic heterocycles. The molecule has 0 aromatic rings. The number of ether oxygens (including phenoxy) is 1. The van der Waals surface area contributed by atoms with Crippen molar-refractivity contribution in [1.82, 2.24) is 4.72 Å². The average Bonchev–Trinajstić information content (AvgIpc) is 2.32. The normalized spacial score (nSPS) is 11.3. The number of hydrogen-bond acceptors (Lipinski definition) is 3. The number of nitrogens with one attached hydrogen (secondary N) is 1. The lowest BCUT2D eigenvalue weighted by Gasteiger charge is -2.02. The summed E-state index contributed by atoms with van der Waals surface area (Å²) in [6.45, 7) is 2.21. The standard InChI is InChI=1S/C11H23N3O2S/c1-3-4-5-6-7-8-9-17-14-11(15)13-10(12)16-2/h3-9H2,1-2H3,(H3,12,13,14,15). The first-order valence-corrected chi connectivity index (χ1v) is 6.99. The van der Waals surface area contributed by atoms with E-state index in [1.165, 1.54) is 51.2 Å². The Kier molecular flexibility index (Phi) is 11.0. The highest BCUT2D eigenvalue weighted by Gasteiger charge is 1.99. The molecule has 0 fully saturated rings. The summed E-state index contributed by atoms with van der Waals surface area (Å²) in [7, 11) is 1.37. The van der Waals surface area contributed by atoms with Crippen molar-refractivity contribution in [2.24, 2.45) is 10.7 Å². The van der Waals surface area contributed by atoms with Crippen LogP contribution in [-0.4, -0.2) is 24.9 Å². The molecule has 5 nitrogen and oxygen atoms in total. The first-order chi connectivity index (χ1) is 8.20. The number of amides is 2. The number of methoxy groups -OCH3 is 1. The lowest BCUT2D eigenvalue weighted by molar-refractivity contribution is 0.253. The summed E-state index contributed by atoms with van der Waals surface area (Å²) in [4.78, 5) is 14.6. The van der Waals surface area contributed by atoms with E-state index in [2.05, 4.69) is 21.4 Å². The summed E-state index contributed by atoms with van der Waals surface area (Å²) in [6.07, 6.45) is 7.49. The second-order valence-electron chi connectivity index (χ2n) is 3.68. The second-order valence-corrected chi connectivity index (χ2v) is 4.58. The van der Waals surface area contributed by atoms with Crippen molar-refractivity contribution in [1.29, 1.82) is 0 Å². The summed E-state index contributed by atoms with van der Waals surface area (Å²) >= 11 is 1.36. The second kappa shape index (κ2) is 11.6. The molecule has 0 aromatic carbocycles. The number of aliphatic imine (C=N–C) groups is 1. The van der Waals surface area contributed by atoms with Gasteiger partial charge in [-0.2, -0.15) is 0 Å². The highest BCUT2D eigenvalue weighted by Crippen LogP contribution is 2.07.